The van der Waals surface area contributed by atoms with Crippen molar-refractivity contribution in [3.05, 3.63) is 53.9 Å². The van der Waals surface area contributed by atoms with E-state index in [1.807, 2.05) is 37.3 Å². The van der Waals surface area contributed by atoms with Crippen molar-refractivity contribution >= 4 is 28.7 Å². The summed E-state index contributed by atoms with van der Waals surface area (Å²) in [7, 11) is 0. The molecule has 9 nitrogen and oxygen atoms in total. The van der Waals surface area contributed by atoms with Gasteiger partial charge in [0.15, 0.2) is 5.69 Å². The fourth-order valence-electron chi connectivity index (χ4n) is 2.98. The zero-order chi connectivity index (χ0) is 20.4. The smallest absolute Gasteiger partial charge is 0.320 e. The zero-order valence-electron chi connectivity index (χ0n) is 15.9. The molecule has 2 heterocycles. The van der Waals surface area contributed by atoms with Gasteiger partial charge in [0, 0.05) is 18.8 Å². The molecule has 0 spiro atoms. The number of hydrogen-bond acceptors (Lipinski definition) is 5. The largest absolute Gasteiger partial charge is 0.388 e. The molecule has 0 aliphatic heterocycles. The molecule has 3 amide bonds. The van der Waals surface area contributed by atoms with Gasteiger partial charge < -0.3 is 15.7 Å². The summed E-state index contributed by atoms with van der Waals surface area (Å²) in [6.07, 6.45) is 2.86. The quantitative estimate of drug-likeness (QED) is 0.437. The van der Waals surface area contributed by atoms with E-state index >= 15 is 0 Å². The molecule has 1 fully saturated rings. The summed E-state index contributed by atoms with van der Waals surface area (Å²) in [5.74, 6) is -0.0494. The predicted octanol–water partition coefficient (Wildman–Crippen LogP) is 2.10. The van der Waals surface area contributed by atoms with E-state index in [2.05, 4.69) is 31.1 Å². The SMILES string of the molecule is CC(NC(=O)Nc1cc2[nH]nc(C(=O)NCC3(O)CC3)c2cn1)c1ccccc1. The van der Waals surface area contributed by atoms with E-state index in [1.54, 1.807) is 6.07 Å². The van der Waals surface area contributed by atoms with Gasteiger partial charge in [0.2, 0.25) is 0 Å². The van der Waals surface area contributed by atoms with Crippen molar-refractivity contribution in [1.29, 1.82) is 0 Å². The monoisotopic (exact) mass is 394 g/mol. The van der Waals surface area contributed by atoms with Gasteiger partial charge in [-0.25, -0.2) is 9.78 Å². The average molecular weight is 394 g/mol. The summed E-state index contributed by atoms with van der Waals surface area (Å²) in [5.41, 5.74) is 0.986. The van der Waals surface area contributed by atoms with Crippen LogP contribution in [0.5, 0.6) is 0 Å². The molecule has 1 aliphatic rings. The molecule has 4 rings (SSSR count). The van der Waals surface area contributed by atoms with Crippen LogP contribution in [0.4, 0.5) is 10.6 Å². The summed E-state index contributed by atoms with van der Waals surface area (Å²) in [6, 6.07) is 10.7. The Bertz CT molecular complexity index is 1040. The Morgan fingerprint density at radius 3 is 2.76 bits per heavy atom. The minimum absolute atomic E-state index is 0.163. The third-order valence-corrected chi connectivity index (χ3v) is 4.96. The molecule has 150 valence electrons. The minimum Gasteiger partial charge on any atom is -0.388 e. The molecule has 0 radical (unpaired) electrons. The average Bonchev–Trinajstić information content (AvgIpc) is 3.31. The van der Waals surface area contributed by atoms with Gasteiger partial charge in [0.1, 0.15) is 5.82 Å². The lowest BCUT2D eigenvalue weighted by molar-refractivity contribution is 0.0893. The minimum atomic E-state index is -0.776. The number of amides is 3. The topological polar surface area (TPSA) is 132 Å². The van der Waals surface area contributed by atoms with Gasteiger partial charge in [-0.15, -0.1) is 0 Å². The van der Waals surface area contributed by atoms with Gasteiger partial charge in [-0.3, -0.25) is 15.2 Å². The highest BCUT2D eigenvalue weighted by atomic mass is 16.3. The van der Waals surface area contributed by atoms with E-state index in [0.29, 0.717) is 29.6 Å². The van der Waals surface area contributed by atoms with E-state index in [-0.39, 0.29) is 30.2 Å². The van der Waals surface area contributed by atoms with E-state index < -0.39 is 5.60 Å². The molecule has 5 N–H and O–H groups in total. The van der Waals surface area contributed by atoms with E-state index in [9.17, 15) is 14.7 Å². The van der Waals surface area contributed by atoms with E-state index in [0.717, 1.165) is 5.56 Å². The van der Waals surface area contributed by atoms with Crippen LogP contribution in [0.2, 0.25) is 0 Å². The van der Waals surface area contributed by atoms with Crippen LogP contribution in [0.25, 0.3) is 10.9 Å². The number of rotatable bonds is 6. The second-order valence-electron chi connectivity index (χ2n) is 7.33. The van der Waals surface area contributed by atoms with Crippen LogP contribution in [0.15, 0.2) is 42.6 Å². The van der Waals surface area contributed by atoms with Crippen LogP contribution >= 0.6 is 0 Å². The van der Waals surface area contributed by atoms with Gasteiger partial charge in [-0.1, -0.05) is 30.3 Å². The Morgan fingerprint density at radius 1 is 1.28 bits per heavy atom. The number of nitrogens with zero attached hydrogens (tertiary/aromatic N) is 2. The van der Waals surface area contributed by atoms with Gasteiger partial charge in [0.25, 0.3) is 5.91 Å². The second kappa shape index (κ2) is 7.51. The normalized spacial score (nSPS) is 15.5. The Morgan fingerprint density at radius 2 is 2.03 bits per heavy atom. The van der Waals surface area contributed by atoms with Crippen LogP contribution in [0.1, 0.15) is 41.9 Å². The number of aromatic amines is 1. The molecular formula is C20H22N6O3. The molecule has 0 saturated heterocycles. The summed E-state index contributed by atoms with van der Waals surface area (Å²) in [5, 5.41) is 25.4. The number of hydrogen-bond donors (Lipinski definition) is 5. The number of urea groups is 1. The summed E-state index contributed by atoms with van der Waals surface area (Å²) in [4.78, 5) is 28.8. The number of benzene rings is 1. The highest BCUT2D eigenvalue weighted by molar-refractivity contribution is 6.05. The molecule has 2 aromatic heterocycles. The van der Waals surface area contributed by atoms with Gasteiger partial charge in [-0.2, -0.15) is 5.10 Å². The molecule has 1 atom stereocenters. The Kier molecular flexibility index (Phi) is 4.89. The van der Waals surface area contributed by atoms with Crippen LogP contribution in [-0.4, -0.2) is 44.4 Å². The van der Waals surface area contributed by atoms with Gasteiger partial charge in [0.05, 0.1) is 22.5 Å². The van der Waals surface area contributed by atoms with Gasteiger partial charge in [-0.05, 0) is 25.3 Å². The first-order valence-electron chi connectivity index (χ1n) is 9.41. The lowest BCUT2D eigenvalue weighted by atomic mass is 10.1. The fraction of sp³-hybridized carbons (Fsp3) is 0.300. The van der Waals surface area contributed by atoms with Crippen molar-refractivity contribution in [1.82, 2.24) is 25.8 Å². The molecule has 1 saturated carbocycles. The van der Waals surface area contributed by atoms with E-state index in [1.165, 1.54) is 6.20 Å². The van der Waals surface area contributed by atoms with Crippen molar-refractivity contribution in [3.8, 4) is 0 Å². The van der Waals surface area contributed by atoms with Crippen LogP contribution in [-0.2, 0) is 0 Å². The van der Waals surface area contributed by atoms with Crippen molar-refractivity contribution in [2.45, 2.75) is 31.4 Å². The Balaban J connectivity index is 1.40. The maximum atomic E-state index is 12.3. The fourth-order valence-corrected chi connectivity index (χ4v) is 2.98. The number of H-pyrrole nitrogens is 1. The molecule has 1 aromatic carbocycles. The zero-order valence-corrected chi connectivity index (χ0v) is 15.9. The standard InChI is InChI=1S/C20H22N6O3/c1-12(13-5-3-2-4-6-13)23-19(28)24-16-9-15-14(10-21-16)17(26-25-15)18(27)22-11-20(29)7-8-20/h2-6,9-10,12,29H,7-8,11H2,1H3,(H,22,27)(H,25,26)(H2,21,23,24,28). The first kappa shape index (κ1) is 18.9. The summed E-state index contributed by atoms with van der Waals surface area (Å²) in [6.45, 7) is 2.09. The predicted molar refractivity (Wildman–Crippen MR) is 107 cm³/mol. The molecule has 29 heavy (non-hydrogen) atoms. The van der Waals surface area contributed by atoms with Crippen LogP contribution in [0.3, 0.4) is 0 Å². The number of carbonyl (C=O) groups excluding carboxylic acids is 2. The third-order valence-electron chi connectivity index (χ3n) is 4.96. The van der Waals surface area contributed by atoms with Crippen molar-refractivity contribution in [2.24, 2.45) is 0 Å². The van der Waals surface area contributed by atoms with E-state index in [4.69, 9.17) is 0 Å². The lowest BCUT2D eigenvalue weighted by Crippen LogP contribution is -2.33. The second-order valence-corrected chi connectivity index (χ2v) is 7.33. The Labute approximate surface area is 166 Å². The first-order chi connectivity index (χ1) is 13.9. The lowest BCUT2D eigenvalue weighted by Gasteiger charge is -2.14. The summed E-state index contributed by atoms with van der Waals surface area (Å²) >= 11 is 0. The third kappa shape index (κ3) is 4.35. The van der Waals surface area contributed by atoms with Crippen molar-refractivity contribution in [3.63, 3.8) is 0 Å². The number of aliphatic hydroxyl groups is 1. The van der Waals surface area contributed by atoms with Crippen molar-refractivity contribution < 1.29 is 14.7 Å². The molecule has 9 heteroatoms. The van der Waals surface area contributed by atoms with Crippen molar-refractivity contribution in [2.75, 3.05) is 11.9 Å². The number of fused-ring (bicyclic) bond motifs is 1. The number of aromatic nitrogens is 3. The highest BCUT2D eigenvalue weighted by Gasteiger charge is 2.40. The number of anilines is 1. The number of pyridine rings is 1. The number of carbonyl (C=O) groups is 2. The Hall–Kier alpha value is -3.46. The van der Waals surface area contributed by atoms with Crippen LogP contribution < -0.4 is 16.0 Å². The van der Waals surface area contributed by atoms with Gasteiger partial charge >= 0.3 is 6.03 Å². The maximum absolute atomic E-state index is 12.3. The number of nitrogens with one attached hydrogen (secondary N) is 4. The maximum Gasteiger partial charge on any atom is 0.320 e. The van der Waals surface area contributed by atoms with Crippen LogP contribution in [0, 0.1) is 0 Å². The molecule has 1 aliphatic carbocycles. The molecule has 0 bridgehead atoms. The molecule has 1 unspecified atom stereocenters. The molecular weight excluding hydrogens is 372 g/mol. The summed E-state index contributed by atoms with van der Waals surface area (Å²) < 4.78 is 0. The first-order valence-corrected chi connectivity index (χ1v) is 9.41. The highest BCUT2D eigenvalue weighted by Crippen LogP contribution is 2.34. The molecule has 3 aromatic rings.